The minimum atomic E-state index is 0.284. The highest BCUT2D eigenvalue weighted by molar-refractivity contribution is 5.79. The van der Waals surface area contributed by atoms with Crippen LogP contribution in [0.25, 0.3) is 0 Å². The lowest BCUT2D eigenvalue weighted by Crippen LogP contribution is -2.10. The lowest BCUT2D eigenvalue weighted by molar-refractivity contribution is -0.122. The van der Waals surface area contributed by atoms with E-state index in [9.17, 15) is 4.79 Å². The number of Topliss-reactive ketones (excluding diaryl/α,β-unsaturated/α-hetero) is 1. The van der Waals surface area contributed by atoms with Gasteiger partial charge in [-0.3, -0.25) is 4.79 Å². The summed E-state index contributed by atoms with van der Waals surface area (Å²) in [5.74, 6) is 0.284. The predicted molar refractivity (Wildman–Crippen MR) is 24.5 cm³/mol. The molecule has 39 valence electrons. The number of rotatable bonds is 0. The van der Waals surface area contributed by atoms with Crippen molar-refractivity contribution >= 4 is 5.78 Å². The van der Waals surface area contributed by atoms with Crippen LogP contribution in [-0.2, 0) is 9.53 Å². The molecule has 7 heavy (non-hydrogen) atoms. The Balaban J connectivity index is 2.25. The van der Waals surface area contributed by atoms with Gasteiger partial charge < -0.3 is 4.74 Å². The molecule has 0 unspecified atom stereocenters. The van der Waals surface area contributed by atoms with Gasteiger partial charge in [-0.05, 0) is 0 Å². The van der Waals surface area contributed by atoms with Crippen LogP contribution in [-0.4, -0.2) is 12.4 Å². The molecule has 0 bridgehead atoms. The maximum atomic E-state index is 10.4. The van der Waals surface area contributed by atoms with Crippen molar-refractivity contribution in [2.75, 3.05) is 6.61 Å². The topological polar surface area (TPSA) is 26.3 Å². The van der Waals surface area contributed by atoms with Gasteiger partial charge in [0.05, 0.1) is 13.2 Å². The summed E-state index contributed by atoms with van der Waals surface area (Å²) < 4.78 is 4.79. The average molecular weight is 99.1 g/mol. The van der Waals surface area contributed by atoms with E-state index in [0.717, 1.165) is 0 Å². The van der Waals surface area contributed by atoms with Crippen LogP contribution >= 0.6 is 0 Å². The van der Waals surface area contributed by atoms with E-state index in [1.54, 1.807) is 6.61 Å². The van der Waals surface area contributed by atoms with Crippen LogP contribution in [0, 0.1) is 6.61 Å². The number of ketones is 1. The van der Waals surface area contributed by atoms with Crippen molar-refractivity contribution in [3.63, 3.8) is 0 Å². The summed E-state index contributed by atoms with van der Waals surface area (Å²) in [6.07, 6.45) is 1.09. The third-order valence-corrected chi connectivity index (χ3v) is 0.928. The molecule has 0 aromatic heterocycles. The summed E-state index contributed by atoms with van der Waals surface area (Å²) in [5, 5.41) is 0. The summed E-state index contributed by atoms with van der Waals surface area (Å²) >= 11 is 0. The van der Waals surface area contributed by atoms with Gasteiger partial charge in [0.2, 0.25) is 0 Å². The highest BCUT2D eigenvalue weighted by Crippen LogP contribution is 2.02. The number of hydrogen-bond acceptors (Lipinski definition) is 2. The molecule has 1 aliphatic rings. The van der Waals surface area contributed by atoms with Gasteiger partial charge in [0.25, 0.3) is 0 Å². The zero-order chi connectivity index (χ0) is 5.11. The first kappa shape index (κ1) is 4.78. The molecule has 0 spiro atoms. The van der Waals surface area contributed by atoms with E-state index in [1.165, 1.54) is 0 Å². The van der Waals surface area contributed by atoms with Crippen molar-refractivity contribution < 1.29 is 9.53 Å². The van der Waals surface area contributed by atoms with Crippen molar-refractivity contribution in [3.8, 4) is 0 Å². The van der Waals surface area contributed by atoms with E-state index < -0.39 is 0 Å². The first-order chi connectivity index (χ1) is 3.39. The minimum absolute atomic E-state index is 0.284. The van der Waals surface area contributed by atoms with Crippen molar-refractivity contribution in [2.24, 2.45) is 0 Å². The van der Waals surface area contributed by atoms with Crippen LogP contribution in [0.15, 0.2) is 0 Å². The second kappa shape index (κ2) is 2.07. The molecule has 1 rings (SSSR count). The largest absolute Gasteiger partial charge is 0.375 e. The SMILES string of the molecule is O=C1C[CH]OCC1. The predicted octanol–water partition coefficient (Wildman–Crippen LogP) is 0.528. The summed E-state index contributed by atoms with van der Waals surface area (Å²) in [4.78, 5) is 10.4. The number of carbonyl (C=O) groups excluding carboxylic acids is 1. The Morgan fingerprint density at radius 3 is 2.86 bits per heavy atom. The summed E-state index contributed by atoms with van der Waals surface area (Å²) in [7, 11) is 0. The third kappa shape index (κ3) is 1.27. The first-order valence-electron chi connectivity index (χ1n) is 2.34. The molecule has 0 aromatic carbocycles. The van der Waals surface area contributed by atoms with Gasteiger partial charge in [-0.15, -0.1) is 0 Å². The van der Waals surface area contributed by atoms with E-state index in [-0.39, 0.29) is 5.78 Å². The second-order valence-electron chi connectivity index (χ2n) is 1.53. The van der Waals surface area contributed by atoms with Crippen LogP contribution in [0.2, 0.25) is 0 Å². The minimum Gasteiger partial charge on any atom is -0.375 e. The van der Waals surface area contributed by atoms with E-state index in [4.69, 9.17) is 4.74 Å². The van der Waals surface area contributed by atoms with Gasteiger partial charge in [0.1, 0.15) is 5.78 Å². The Morgan fingerprint density at radius 2 is 2.57 bits per heavy atom. The molecule has 1 heterocycles. The molecule has 0 atom stereocenters. The third-order valence-electron chi connectivity index (χ3n) is 0.928. The Labute approximate surface area is 42.5 Å². The first-order valence-corrected chi connectivity index (χ1v) is 2.34. The molecule has 0 amide bonds. The fourth-order valence-electron chi connectivity index (χ4n) is 0.510. The number of hydrogen-bond donors (Lipinski definition) is 0. The number of carbonyl (C=O) groups is 1. The Hall–Kier alpha value is -0.370. The molecular weight excluding hydrogens is 92.1 g/mol. The molecule has 2 nitrogen and oxygen atoms in total. The van der Waals surface area contributed by atoms with Crippen molar-refractivity contribution in [1.82, 2.24) is 0 Å². The fourth-order valence-corrected chi connectivity index (χ4v) is 0.510. The van der Waals surface area contributed by atoms with E-state index in [1.807, 2.05) is 0 Å². The highest BCUT2D eigenvalue weighted by Gasteiger charge is 2.06. The van der Waals surface area contributed by atoms with Gasteiger partial charge in [-0.1, -0.05) is 0 Å². The maximum Gasteiger partial charge on any atom is 0.137 e. The van der Waals surface area contributed by atoms with Gasteiger partial charge in [0, 0.05) is 12.8 Å². The molecule has 0 aliphatic carbocycles. The summed E-state index contributed by atoms with van der Waals surface area (Å²) in [5.41, 5.74) is 0. The molecule has 0 saturated carbocycles. The molecule has 1 fully saturated rings. The molecule has 1 aliphatic heterocycles. The number of ether oxygens (including phenoxy) is 1. The van der Waals surface area contributed by atoms with Gasteiger partial charge >= 0.3 is 0 Å². The van der Waals surface area contributed by atoms with E-state index >= 15 is 0 Å². The highest BCUT2D eigenvalue weighted by atomic mass is 16.5. The van der Waals surface area contributed by atoms with Crippen molar-refractivity contribution in [2.45, 2.75) is 12.8 Å². The second-order valence-corrected chi connectivity index (χ2v) is 1.53. The van der Waals surface area contributed by atoms with Crippen LogP contribution in [0.1, 0.15) is 12.8 Å². The smallest absolute Gasteiger partial charge is 0.137 e. The zero-order valence-electron chi connectivity index (χ0n) is 4.02. The van der Waals surface area contributed by atoms with Gasteiger partial charge in [-0.25, -0.2) is 0 Å². The molecule has 1 saturated heterocycles. The molecular formula is C5H7O2. The lowest BCUT2D eigenvalue weighted by Gasteiger charge is -2.06. The zero-order valence-corrected chi connectivity index (χ0v) is 4.02. The summed E-state index contributed by atoms with van der Waals surface area (Å²) in [6, 6.07) is 0. The Bertz CT molecular complexity index is 70.1. The fraction of sp³-hybridized carbons (Fsp3) is 0.600. The van der Waals surface area contributed by atoms with Crippen LogP contribution in [0.5, 0.6) is 0 Å². The normalized spacial score (nSPS) is 22.6. The van der Waals surface area contributed by atoms with Crippen molar-refractivity contribution in [3.05, 3.63) is 6.61 Å². The average Bonchev–Trinajstić information content (AvgIpc) is 1.69. The van der Waals surface area contributed by atoms with Crippen LogP contribution < -0.4 is 0 Å². The maximum absolute atomic E-state index is 10.4. The van der Waals surface area contributed by atoms with E-state index in [2.05, 4.69) is 0 Å². The standard InChI is InChI=1S/C5H7O2/c6-5-1-3-7-4-2-5/h3H,1-2,4H2. The van der Waals surface area contributed by atoms with Gasteiger partial charge in [0.15, 0.2) is 0 Å². The lowest BCUT2D eigenvalue weighted by atomic mass is 10.2. The monoisotopic (exact) mass is 99.0 g/mol. The van der Waals surface area contributed by atoms with Gasteiger partial charge in [-0.2, -0.15) is 0 Å². The molecule has 0 N–H and O–H groups in total. The Morgan fingerprint density at radius 1 is 1.71 bits per heavy atom. The molecule has 0 aromatic rings. The van der Waals surface area contributed by atoms with Crippen LogP contribution in [0.3, 0.4) is 0 Å². The summed E-state index contributed by atoms with van der Waals surface area (Å²) in [6.45, 7) is 2.14. The quantitative estimate of drug-likeness (QED) is 0.442. The van der Waals surface area contributed by atoms with E-state index in [0.29, 0.717) is 19.4 Å². The van der Waals surface area contributed by atoms with Crippen molar-refractivity contribution in [1.29, 1.82) is 0 Å². The Kier molecular flexibility index (Phi) is 1.42. The van der Waals surface area contributed by atoms with Crippen LogP contribution in [0.4, 0.5) is 0 Å². The molecule has 1 radical (unpaired) electrons. The molecule has 2 heteroatoms.